The fourth-order valence-corrected chi connectivity index (χ4v) is 3.40. The van der Waals surface area contributed by atoms with Crippen molar-refractivity contribution in [2.45, 2.75) is 13.5 Å². The van der Waals surface area contributed by atoms with E-state index in [9.17, 15) is 9.90 Å². The molecule has 2 aromatic heterocycles. The summed E-state index contributed by atoms with van der Waals surface area (Å²) in [5, 5.41) is 10.3. The van der Waals surface area contributed by atoms with Crippen LogP contribution in [0.25, 0.3) is 16.1 Å². The molecular formula is C20H18N2O4S. The Morgan fingerprint density at radius 3 is 2.67 bits per heavy atom. The molecule has 6 nitrogen and oxygen atoms in total. The maximum absolute atomic E-state index is 11.5. The minimum absolute atomic E-state index is 0.0733. The first-order valence-electron chi connectivity index (χ1n) is 8.15. The topological polar surface area (TPSA) is 81.5 Å². The fourth-order valence-electron chi connectivity index (χ4n) is 2.54. The monoisotopic (exact) mass is 382 g/mol. The Bertz CT molecular complexity index is 967. The molecule has 27 heavy (non-hydrogen) atoms. The Hall–Kier alpha value is -3.19. The van der Waals surface area contributed by atoms with E-state index >= 15 is 0 Å². The second kappa shape index (κ2) is 8.46. The first-order chi connectivity index (χ1) is 13.1. The van der Waals surface area contributed by atoms with Crippen LogP contribution in [0.1, 0.15) is 16.0 Å². The number of carboxylic acid groups (broad SMARTS) is 1. The van der Waals surface area contributed by atoms with Gasteiger partial charge in [-0.15, -0.1) is 11.3 Å². The third kappa shape index (κ3) is 4.32. The zero-order valence-electron chi connectivity index (χ0n) is 14.9. The molecule has 0 aliphatic rings. The molecule has 0 saturated carbocycles. The van der Waals surface area contributed by atoms with Crippen molar-refractivity contribution >= 4 is 22.9 Å². The number of aryl methyl sites for hydroxylation is 1. The molecule has 0 saturated heterocycles. The summed E-state index contributed by atoms with van der Waals surface area (Å²) in [6.45, 7) is 2.14. The van der Waals surface area contributed by atoms with Gasteiger partial charge in [0.05, 0.1) is 18.2 Å². The number of benzene rings is 1. The van der Waals surface area contributed by atoms with E-state index in [0.29, 0.717) is 11.4 Å². The van der Waals surface area contributed by atoms with Crippen molar-refractivity contribution in [2.75, 3.05) is 7.11 Å². The molecule has 0 bridgehead atoms. The highest BCUT2D eigenvalue weighted by atomic mass is 32.1. The molecule has 3 aromatic rings. The van der Waals surface area contributed by atoms with Crippen LogP contribution < -0.4 is 4.74 Å². The number of pyridine rings is 1. The van der Waals surface area contributed by atoms with Gasteiger partial charge in [0.2, 0.25) is 5.88 Å². The van der Waals surface area contributed by atoms with Gasteiger partial charge in [-0.1, -0.05) is 24.3 Å². The van der Waals surface area contributed by atoms with Crippen LogP contribution in [0.15, 0.2) is 55.1 Å². The van der Waals surface area contributed by atoms with E-state index in [2.05, 4.69) is 9.97 Å². The quantitative estimate of drug-likeness (QED) is 0.488. The Morgan fingerprint density at radius 2 is 1.96 bits per heavy atom. The maximum Gasteiger partial charge on any atom is 0.339 e. The minimum Gasteiger partial charge on any atom is -0.503 e. The third-order valence-electron chi connectivity index (χ3n) is 3.82. The number of carboxylic acids is 1. The SMILES string of the molecule is COC=C(C(=O)O)c1ccccc1COc1nc(-c2ccncc2)sc1C. The Labute approximate surface area is 160 Å². The van der Waals surface area contributed by atoms with Crippen molar-refractivity contribution in [3.8, 4) is 16.5 Å². The second-order valence-electron chi connectivity index (χ2n) is 5.63. The average Bonchev–Trinajstić information content (AvgIpc) is 3.06. The lowest BCUT2D eigenvalue weighted by Gasteiger charge is -2.11. The minimum atomic E-state index is -1.06. The van der Waals surface area contributed by atoms with Crippen LogP contribution in [0.4, 0.5) is 0 Å². The van der Waals surface area contributed by atoms with E-state index in [0.717, 1.165) is 21.0 Å². The molecule has 2 heterocycles. The zero-order valence-corrected chi connectivity index (χ0v) is 15.7. The highest BCUT2D eigenvalue weighted by Gasteiger charge is 2.16. The third-order valence-corrected chi connectivity index (χ3v) is 4.82. The van der Waals surface area contributed by atoms with Gasteiger partial charge in [-0.3, -0.25) is 4.98 Å². The van der Waals surface area contributed by atoms with Gasteiger partial charge in [0.25, 0.3) is 0 Å². The van der Waals surface area contributed by atoms with Gasteiger partial charge >= 0.3 is 5.97 Å². The molecule has 1 N–H and O–H groups in total. The summed E-state index contributed by atoms with van der Waals surface area (Å²) >= 11 is 1.54. The zero-order chi connectivity index (χ0) is 19.2. The van der Waals surface area contributed by atoms with E-state index in [4.69, 9.17) is 9.47 Å². The molecule has 0 atom stereocenters. The first-order valence-corrected chi connectivity index (χ1v) is 8.97. The van der Waals surface area contributed by atoms with Gasteiger partial charge in [-0.05, 0) is 30.2 Å². The van der Waals surface area contributed by atoms with Gasteiger partial charge in [0.15, 0.2) is 0 Å². The summed E-state index contributed by atoms with van der Waals surface area (Å²) in [7, 11) is 1.42. The first kappa shape index (κ1) is 18.6. The van der Waals surface area contributed by atoms with E-state index < -0.39 is 5.97 Å². The summed E-state index contributed by atoms with van der Waals surface area (Å²) in [6.07, 6.45) is 4.66. The number of rotatable bonds is 7. The molecule has 0 radical (unpaired) electrons. The Balaban J connectivity index is 1.83. The van der Waals surface area contributed by atoms with Gasteiger partial charge in [0.1, 0.15) is 17.2 Å². The van der Waals surface area contributed by atoms with Crippen molar-refractivity contribution in [3.63, 3.8) is 0 Å². The van der Waals surface area contributed by atoms with Crippen LogP contribution in [-0.2, 0) is 16.1 Å². The predicted octanol–water partition coefficient (Wildman–Crippen LogP) is 4.16. The summed E-state index contributed by atoms with van der Waals surface area (Å²) in [5.41, 5.74) is 2.34. The van der Waals surface area contributed by atoms with Crippen LogP contribution in [0.3, 0.4) is 0 Å². The predicted molar refractivity (Wildman–Crippen MR) is 103 cm³/mol. The van der Waals surface area contributed by atoms with Gasteiger partial charge in [-0.2, -0.15) is 0 Å². The summed E-state index contributed by atoms with van der Waals surface area (Å²) in [4.78, 5) is 21.0. The van der Waals surface area contributed by atoms with E-state index in [1.807, 2.05) is 31.2 Å². The smallest absolute Gasteiger partial charge is 0.339 e. The highest BCUT2D eigenvalue weighted by molar-refractivity contribution is 7.15. The highest BCUT2D eigenvalue weighted by Crippen LogP contribution is 2.32. The number of hydrogen-bond acceptors (Lipinski definition) is 6. The van der Waals surface area contributed by atoms with E-state index in [1.54, 1.807) is 24.5 Å². The lowest BCUT2D eigenvalue weighted by molar-refractivity contribution is -0.130. The van der Waals surface area contributed by atoms with Crippen molar-refractivity contribution < 1.29 is 19.4 Å². The number of aromatic nitrogens is 2. The standard InChI is InChI=1S/C20H18N2O4S/c1-13-18(22-19(27-13)14-7-9-21-10-8-14)26-11-15-5-3-4-6-16(15)17(12-25-2)20(23)24/h3-10,12H,11H2,1-2H3,(H,23,24). The molecule has 138 valence electrons. The van der Waals surface area contributed by atoms with Gasteiger partial charge < -0.3 is 14.6 Å². The largest absolute Gasteiger partial charge is 0.503 e. The van der Waals surface area contributed by atoms with E-state index in [1.165, 1.54) is 24.7 Å². The summed E-state index contributed by atoms with van der Waals surface area (Å²) in [5.74, 6) is -0.525. The fraction of sp³-hybridized carbons (Fsp3) is 0.150. The molecular weight excluding hydrogens is 364 g/mol. The van der Waals surface area contributed by atoms with Crippen LogP contribution in [0.5, 0.6) is 5.88 Å². The Kier molecular flexibility index (Phi) is 5.83. The summed E-state index contributed by atoms with van der Waals surface area (Å²) < 4.78 is 10.8. The van der Waals surface area contributed by atoms with Crippen LogP contribution in [-0.4, -0.2) is 28.2 Å². The van der Waals surface area contributed by atoms with Crippen LogP contribution in [0, 0.1) is 6.92 Å². The molecule has 3 rings (SSSR count). The Morgan fingerprint density at radius 1 is 1.22 bits per heavy atom. The molecule has 0 aliphatic heterocycles. The number of aliphatic carboxylic acids is 1. The number of nitrogens with zero attached hydrogens (tertiary/aromatic N) is 2. The van der Waals surface area contributed by atoms with Crippen molar-refractivity contribution in [2.24, 2.45) is 0 Å². The molecule has 0 fully saturated rings. The normalized spacial score (nSPS) is 11.3. The lowest BCUT2D eigenvalue weighted by Crippen LogP contribution is -2.06. The van der Waals surface area contributed by atoms with Crippen LogP contribution >= 0.6 is 11.3 Å². The van der Waals surface area contributed by atoms with Crippen molar-refractivity contribution in [1.82, 2.24) is 9.97 Å². The number of thiazole rings is 1. The van der Waals surface area contributed by atoms with Gasteiger partial charge in [-0.25, -0.2) is 9.78 Å². The number of ether oxygens (including phenoxy) is 2. The average molecular weight is 382 g/mol. The summed E-state index contributed by atoms with van der Waals surface area (Å²) in [6, 6.07) is 11.0. The number of carbonyl (C=O) groups is 1. The van der Waals surface area contributed by atoms with E-state index in [-0.39, 0.29) is 12.2 Å². The molecule has 7 heteroatoms. The van der Waals surface area contributed by atoms with Crippen molar-refractivity contribution in [3.05, 3.63) is 71.1 Å². The number of hydrogen-bond donors (Lipinski definition) is 1. The number of methoxy groups -OCH3 is 1. The van der Waals surface area contributed by atoms with Gasteiger partial charge in [0, 0.05) is 18.0 Å². The molecule has 0 amide bonds. The second-order valence-corrected chi connectivity index (χ2v) is 6.84. The van der Waals surface area contributed by atoms with Crippen molar-refractivity contribution in [1.29, 1.82) is 0 Å². The maximum atomic E-state index is 11.5. The lowest BCUT2D eigenvalue weighted by atomic mass is 10.0. The van der Waals surface area contributed by atoms with Crippen LogP contribution in [0.2, 0.25) is 0 Å². The molecule has 1 aromatic carbocycles. The molecule has 0 spiro atoms. The molecule has 0 aliphatic carbocycles. The molecule has 0 unspecified atom stereocenters.